The van der Waals surface area contributed by atoms with Crippen LogP contribution in [0.5, 0.6) is 0 Å². The second kappa shape index (κ2) is 8.62. The smallest absolute Gasteiger partial charge is 0.353 e. The van der Waals surface area contributed by atoms with Crippen molar-refractivity contribution in [3.63, 3.8) is 0 Å². The van der Waals surface area contributed by atoms with E-state index in [4.69, 9.17) is 0 Å². The number of piperidine rings is 1. The lowest BCUT2D eigenvalue weighted by Crippen LogP contribution is -2.42. The zero-order valence-corrected chi connectivity index (χ0v) is 15.9. The first-order valence-corrected chi connectivity index (χ1v) is 9.73. The van der Waals surface area contributed by atoms with Crippen LogP contribution in [0.2, 0.25) is 0 Å². The monoisotopic (exact) mass is 362 g/mol. The van der Waals surface area contributed by atoms with Crippen LogP contribution < -0.4 is 10.2 Å². The Labute approximate surface area is 155 Å². The van der Waals surface area contributed by atoms with Crippen LogP contribution in [-0.4, -0.2) is 59.1 Å². The molecule has 1 aromatic heterocycles. The summed E-state index contributed by atoms with van der Waals surface area (Å²) in [5.41, 5.74) is 0.0122. The van der Waals surface area contributed by atoms with E-state index in [1.807, 2.05) is 11.9 Å². The van der Waals surface area contributed by atoms with Crippen molar-refractivity contribution in [2.24, 2.45) is 0 Å². The zero-order chi connectivity index (χ0) is 18.5. The molecule has 8 nitrogen and oxygen atoms in total. The second-order valence-electron chi connectivity index (χ2n) is 7.63. The summed E-state index contributed by atoms with van der Waals surface area (Å²) in [5.74, 6) is 0.794. The van der Waals surface area contributed by atoms with Gasteiger partial charge in [-0.3, -0.25) is 10.1 Å². The second-order valence-corrected chi connectivity index (χ2v) is 7.63. The van der Waals surface area contributed by atoms with Gasteiger partial charge in [0.05, 0.1) is 4.92 Å². The summed E-state index contributed by atoms with van der Waals surface area (Å²) in [6, 6.07) is 0.526. The van der Waals surface area contributed by atoms with E-state index in [0.29, 0.717) is 11.6 Å². The summed E-state index contributed by atoms with van der Waals surface area (Å²) >= 11 is 0. The maximum Gasteiger partial charge on any atom is 0.353 e. The largest absolute Gasteiger partial charge is 0.361 e. The third-order valence-electron chi connectivity index (χ3n) is 5.75. The molecule has 0 bridgehead atoms. The number of hydrogen-bond donors (Lipinski definition) is 1. The van der Waals surface area contributed by atoms with Gasteiger partial charge < -0.3 is 15.1 Å². The van der Waals surface area contributed by atoms with E-state index in [2.05, 4.69) is 27.2 Å². The summed E-state index contributed by atoms with van der Waals surface area (Å²) in [4.78, 5) is 24.3. The molecule has 1 saturated carbocycles. The Hall–Kier alpha value is -1.96. The quantitative estimate of drug-likeness (QED) is 0.489. The van der Waals surface area contributed by atoms with Crippen LogP contribution in [-0.2, 0) is 0 Å². The van der Waals surface area contributed by atoms with Gasteiger partial charge in [-0.15, -0.1) is 0 Å². The molecule has 144 valence electrons. The summed E-state index contributed by atoms with van der Waals surface area (Å²) in [7, 11) is 4.03. The maximum atomic E-state index is 11.8. The molecule has 1 aliphatic carbocycles. The van der Waals surface area contributed by atoms with Gasteiger partial charge in [-0.05, 0) is 45.8 Å². The van der Waals surface area contributed by atoms with E-state index < -0.39 is 0 Å². The minimum atomic E-state index is -0.334. The SMILES string of the molecule is CN1CCC(N(C)c2ncnc(NC3CCCCCC3)c2[N+](=O)[O-])CC1. The molecule has 1 N–H and O–H groups in total. The molecule has 2 aliphatic rings. The van der Waals surface area contributed by atoms with Crippen molar-refractivity contribution in [1.82, 2.24) is 14.9 Å². The third-order valence-corrected chi connectivity index (χ3v) is 5.75. The maximum absolute atomic E-state index is 11.8. The minimum Gasteiger partial charge on any atom is -0.361 e. The Balaban J connectivity index is 1.82. The average molecular weight is 362 g/mol. The molecule has 0 atom stereocenters. The molecule has 3 rings (SSSR count). The van der Waals surface area contributed by atoms with E-state index >= 15 is 0 Å². The number of likely N-dealkylation sites (tertiary alicyclic amines) is 1. The van der Waals surface area contributed by atoms with Crippen molar-refractivity contribution < 1.29 is 4.92 Å². The Kier molecular flexibility index (Phi) is 6.24. The molecule has 2 fully saturated rings. The molecule has 2 heterocycles. The number of nitrogens with one attached hydrogen (secondary N) is 1. The van der Waals surface area contributed by atoms with Crippen molar-refractivity contribution in [2.75, 3.05) is 37.4 Å². The summed E-state index contributed by atoms with van der Waals surface area (Å²) in [6.45, 7) is 2.00. The Morgan fingerprint density at radius 3 is 2.42 bits per heavy atom. The van der Waals surface area contributed by atoms with Crippen molar-refractivity contribution in [3.8, 4) is 0 Å². The van der Waals surface area contributed by atoms with E-state index in [1.54, 1.807) is 0 Å². The summed E-state index contributed by atoms with van der Waals surface area (Å²) in [5, 5.41) is 15.2. The van der Waals surface area contributed by atoms with Gasteiger partial charge in [0.15, 0.2) is 0 Å². The minimum absolute atomic E-state index is 0.0122. The van der Waals surface area contributed by atoms with Gasteiger partial charge >= 0.3 is 5.69 Å². The molecule has 0 spiro atoms. The lowest BCUT2D eigenvalue weighted by molar-refractivity contribution is -0.383. The van der Waals surface area contributed by atoms with Crippen LogP contribution in [0, 0.1) is 10.1 Å². The first-order valence-electron chi connectivity index (χ1n) is 9.73. The molecule has 0 aromatic carbocycles. The van der Waals surface area contributed by atoms with E-state index in [9.17, 15) is 10.1 Å². The number of anilines is 2. The lowest BCUT2D eigenvalue weighted by atomic mass is 10.0. The average Bonchev–Trinajstić information content (AvgIpc) is 2.90. The molecular weight excluding hydrogens is 332 g/mol. The third kappa shape index (κ3) is 4.41. The molecular formula is C18H30N6O2. The van der Waals surface area contributed by atoms with Gasteiger partial charge in [0, 0.05) is 19.1 Å². The summed E-state index contributed by atoms with van der Waals surface area (Å²) in [6.07, 6.45) is 10.3. The highest BCUT2D eigenvalue weighted by atomic mass is 16.6. The molecule has 1 saturated heterocycles. The number of aromatic nitrogens is 2. The van der Waals surface area contributed by atoms with Crippen molar-refractivity contribution >= 4 is 17.3 Å². The van der Waals surface area contributed by atoms with Gasteiger partial charge in [-0.25, -0.2) is 9.97 Å². The Bertz CT molecular complexity index is 610. The predicted octanol–water partition coefficient (Wildman–Crippen LogP) is 3.05. The molecule has 0 radical (unpaired) electrons. The fourth-order valence-electron chi connectivity index (χ4n) is 4.07. The van der Waals surface area contributed by atoms with Gasteiger partial charge in [-0.1, -0.05) is 25.7 Å². The predicted molar refractivity (Wildman–Crippen MR) is 103 cm³/mol. The van der Waals surface area contributed by atoms with Crippen molar-refractivity contribution in [2.45, 2.75) is 63.5 Å². The fraction of sp³-hybridized carbons (Fsp3) is 0.778. The fourth-order valence-corrected chi connectivity index (χ4v) is 4.07. The molecule has 0 amide bonds. The topological polar surface area (TPSA) is 87.4 Å². The van der Waals surface area contributed by atoms with Crippen molar-refractivity contribution in [1.29, 1.82) is 0 Å². The number of hydrogen-bond acceptors (Lipinski definition) is 7. The molecule has 1 aromatic rings. The van der Waals surface area contributed by atoms with Gasteiger partial charge in [-0.2, -0.15) is 0 Å². The number of nitro groups is 1. The Morgan fingerprint density at radius 2 is 1.81 bits per heavy atom. The first-order chi connectivity index (χ1) is 12.6. The van der Waals surface area contributed by atoms with E-state index in [-0.39, 0.29) is 22.7 Å². The standard InChI is InChI=1S/C18H30N6O2/c1-22-11-9-15(10-12-22)23(2)18-16(24(25)26)17(19-13-20-18)21-14-7-5-3-4-6-8-14/h13-15H,3-12H2,1-2H3,(H,19,20,21). The highest BCUT2D eigenvalue weighted by molar-refractivity contribution is 5.70. The summed E-state index contributed by atoms with van der Waals surface area (Å²) < 4.78 is 0. The van der Waals surface area contributed by atoms with E-state index in [0.717, 1.165) is 38.8 Å². The normalized spacial score (nSPS) is 20.5. The van der Waals surface area contributed by atoms with Crippen LogP contribution in [0.4, 0.5) is 17.3 Å². The van der Waals surface area contributed by atoms with Crippen LogP contribution in [0.3, 0.4) is 0 Å². The zero-order valence-electron chi connectivity index (χ0n) is 15.9. The van der Waals surface area contributed by atoms with Crippen LogP contribution in [0.25, 0.3) is 0 Å². The molecule has 8 heteroatoms. The highest BCUT2D eigenvalue weighted by Crippen LogP contribution is 2.34. The van der Waals surface area contributed by atoms with Crippen LogP contribution >= 0.6 is 0 Å². The van der Waals surface area contributed by atoms with Gasteiger partial charge in [0.25, 0.3) is 0 Å². The van der Waals surface area contributed by atoms with Gasteiger partial charge in [0.2, 0.25) is 11.6 Å². The van der Waals surface area contributed by atoms with Crippen LogP contribution in [0.15, 0.2) is 6.33 Å². The van der Waals surface area contributed by atoms with Crippen molar-refractivity contribution in [3.05, 3.63) is 16.4 Å². The molecule has 1 aliphatic heterocycles. The van der Waals surface area contributed by atoms with Gasteiger partial charge in [0.1, 0.15) is 6.33 Å². The number of nitrogens with zero attached hydrogens (tertiary/aromatic N) is 5. The van der Waals surface area contributed by atoms with Crippen LogP contribution in [0.1, 0.15) is 51.4 Å². The van der Waals surface area contributed by atoms with E-state index in [1.165, 1.54) is 32.0 Å². The lowest BCUT2D eigenvalue weighted by Gasteiger charge is -2.35. The first kappa shape index (κ1) is 18.8. The Morgan fingerprint density at radius 1 is 1.15 bits per heavy atom. The molecule has 0 unspecified atom stereocenters. The molecule has 26 heavy (non-hydrogen) atoms. The number of rotatable bonds is 5. The highest BCUT2D eigenvalue weighted by Gasteiger charge is 2.31.